The van der Waals surface area contributed by atoms with Gasteiger partial charge in [-0.25, -0.2) is 0 Å². The van der Waals surface area contributed by atoms with Gasteiger partial charge in [0.1, 0.15) is 7.85 Å². The van der Waals surface area contributed by atoms with E-state index in [4.69, 9.17) is 0 Å². The number of hydrogen-bond acceptors (Lipinski definition) is 0. The standard InChI is InChI=1S/C2H7B.K.2H2O.H/c1-2-3;;;;/h2-3H2,1H3;;2*1H2;. The third-order valence-electron chi connectivity index (χ3n) is 0. The van der Waals surface area contributed by atoms with E-state index in [2.05, 4.69) is 14.8 Å². The van der Waals surface area contributed by atoms with E-state index in [1.54, 1.807) is 0 Å². The minimum absolute atomic E-state index is 0. The summed E-state index contributed by atoms with van der Waals surface area (Å²) >= 11 is 0. The van der Waals surface area contributed by atoms with Crippen molar-refractivity contribution in [3.8, 4) is 0 Å². The second-order valence-electron chi connectivity index (χ2n) is 0.707. The first-order valence-corrected chi connectivity index (χ1v) is 1.41. The average molecular weight is 118 g/mol. The fourth-order valence-corrected chi connectivity index (χ4v) is 0. The number of rotatable bonds is 0. The fraction of sp³-hybridized carbons (Fsp3) is 1.00. The summed E-state index contributed by atoms with van der Waals surface area (Å²) in [6.45, 7) is 2.12. The molecule has 6 heavy (non-hydrogen) atoms. The van der Waals surface area contributed by atoms with Gasteiger partial charge < -0.3 is 11.0 Å². The molecule has 0 radical (unpaired) electrons. The molecule has 0 unspecified atom stereocenters. The molecule has 0 atom stereocenters. The molecule has 0 aliphatic rings. The Morgan fingerprint density at radius 1 is 1.33 bits per heavy atom. The van der Waals surface area contributed by atoms with Gasteiger partial charge in [-0.05, 0) is 0 Å². The topological polar surface area (TPSA) is 63.0 Å². The van der Waals surface area contributed by atoms with Crippen molar-refractivity contribution in [3.63, 3.8) is 0 Å². The molecule has 0 saturated heterocycles. The van der Waals surface area contributed by atoms with Crippen molar-refractivity contribution in [1.82, 2.24) is 0 Å². The summed E-state index contributed by atoms with van der Waals surface area (Å²) in [5.74, 6) is 0. The maximum atomic E-state index is 2.12. The van der Waals surface area contributed by atoms with Gasteiger partial charge in [-0.2, -0.15) is 0 Å². The Labute approximate surface area is 82.1 Å². The van der Waals surface area contributed by atoms with Crippen molar-refractivity contribution in [1.29, 1.82) is 0 Å². The molecule has 2 nitrogen and oxygen atoms in total. The first kappa shape index (κ1) is 25.5. The predicted octanol–water partition coefficient (Wildman–Crippen LogP) is -2.24. The minimum atomic E-state index is 0. The Morgan fingerprint density at radius 3 is 1.33 bits per heavy atom. The van der Waals surface area contributed by atoms with Crippen LogP contribution in [0.3, 0.4) is 0 Å². The maximum absolute atomic E-state index is 2.12. The van der Waals surface area contributed by atoms with Gasteiger partial charge in [0.05, 0.1) is 0 Å². The molecular formula is C2H12BKO2. The second-order valence-corrected chi connectivity index (χ2v) is 0.707. The summed E-state index contributed by atoms with van der Waals surface area (Å²) in [5, 5.41) is 0. The average Bonchev–Trinajstić information content (AvgIpc) is 0.918. The first-order valence-electron chi connectivity index (χ1n) is 1.41. The van der Waals surface area contributed by atoms with Gasteiger partial charge in [0.2, 0.25) is 0 Å². The van der Waals surface area contributed by atoms with E-state index >= 15 is 0 Å². The second kappa shape index (κ2) is 30.4. The van der Waals surface area contributed by atoms with Crippen molar-refractivity contribution >= 4 is 59.2 Å². The first-order chi connectivity index (χ1) is 1.41. The zero-order valence-corrected chi connectivity index (χ0v) is 3.71. The van der Waals surface area contributed by atoms with Crippen LogP contribution in [0.15, 0.2) is 0 Å². The molecular weight excluding hydrogens is 106 g/mol. The monoisotopic (exact) mass is 118 g/mol. The summed E-state index contributed by atoms with van der Waals surface area (Å²) in [4.78, 5) is 0. The van der Waals surface area contributed by atoms with E-state index in [9.17, 15) is 0 Å². The van der Waals surface area contributed by atoms with Crippen LogP contribution in [0.5, 0.6) is 0 Å². The molecule has 0 aliphatic carbocycles. The van der Waals surface area contributed by atoms with Crippen LogP contribution >= 0.6 is 0 Å². The van der Waals surface area contributed by atoms with Crippen LogP contribution in [0.2, 0.25) is 6.32 Å². The Balaban J connectivity index is -0.00000000667. The quantitative estimate of drug-likeness (QED) is 0.323. The predicted molar refractivity (Wildman–Crippen MR) is 33.4 cm³/mol. The van der Waals surface area contributed by atoms with Crippen molar-refractivity contribution < 1.29 is 11.0 Å². The van der Waals surface area contributed by atoms with Crippen LogP contribution in [-0.4, -0.2) is 70.2 Å². The van der Waals surface area contributed by atoms with Crippen LogP contribution in [0.1, 0.15) is 6.92 Å². The van der Waals surface area contributed by atoms with Crippen LogP contribution in [0, 0.1) is 0 Å². The van der Waals surface area contributed by atoms with E-state index in [0.29, 0.717) is 0 Å². The Morgan fingerprint density at radius 2 is 1.33 bits per heavy atom. The molecule has 0 saturated carbocycles. The molecule has 0 rings (SSSR count). The zero-order chi connectivity index (χ0) is 2.71. The van der Waals surface area contributed by atoms with E-state index < -0.39 is 0 Å². The van der Waals surface area contributed by atoms with Gasteiger partial charge >= 0.3 is 51.4 Å². The van der Waals surface area contributed by atoms with Crippen LogP contribution in [0.4, 0.5) is 0 Å². The fourth-order valence-electron chi connectivity index (χ4n) is 0. The van der Waals surface area contributed by atoms with Crippen LogP contribution in [0.25, 0.3) is 0 Å². The SMILES string of the molecule is BCC.O.O.[KH]. The van der Waals surface area contributed by atoms with Crippen LogP contribution < -0.4 is 0 Å². The summed E-state index contributed by atoms with van der Waals surface area (Å²) in [6.07, 6.45) is 1.25. The molecule has 4 heteroatoms. The van der Waals surface area contributed by atoms with E-state index in [1.165, 1.54) is 6.32 Å². The molecule has 0 heterocycles. The third kappa shape index (κ3) is 45.7. The van der Waals surface area contributed by atoms with Crippen molar-refractivity contribution in [2.45, 2.75) is 13.2 Å². The molecule has 0 fully saturated rings. The molecule has 0 aromatic carbocycles. The molecule has 36 valence electrons. The van der Waals surface area contributed by atoms with E-state index in [0.717, 1.165) is 0 Å². The van der Waals surface area contributed by atoms with Gasteiger partial charge in [0.25, 0.3) is 0 Å². The van der Waals surface area contributed by atoms with Crippen molar-refractivity contribution in [2.24, 2.45) is 0 Å². The zero-order valence-electron chi connectivity index (χ0n) is 3.71. The van der Waals surface area contributed by atoms with Crippen LogP contribution in [-0.2, 0) is 0 Å². The molecule has 0 aromatic rings. The van der Waals surface area contributed by atoms with Gasteiger partial charge in [0.15, 0.2) is 0 Å². The molecule has 0 amide bonds. The molecule has 0 aliphatic heterocycles. The van der Waals surface area contributed by atoms with E-state index in [1.807, 2.05) is 0 Å². The summed E-state index contributed by atoms with van der Waals surface area (Å²) in [7, 11) is 2.12. The third-order valence-corrected chi connectivity index (χ3v) is 0. The molecule has 0 aromatic heterocycles. The van der Waals surface area contributed by atoms with Gasteiger partial charge in [0, 0.05) is 0 Å². The molecule has 0 spiro atoms. The van der Waals surface area contributed by atoms with Gasteiger partial charge in [-0.1, -0.05) is 13.2 Å². The van der Waals surface area contributed by atoms with E-state index in [-0.39, 0.29) is 62.3 Å². The number of hydrogen-bond donors (Lipinski definition) is 0. The Hall–Kier alpha value is 1.62. The Kier molecular flexibility index (Phi) is 129. The molecule has 0 bridgehead atoms. The summed E-state index contributed by atoms with van der Waals surface area (Å²) in [6, 6.07) is 0. The van der Waals surface area contributed by atoms with Gasteiger partial charge in [-0.3, -0.25) is 0 Å². The summed E-state index contributed by atoms with van der Waals surface area (Å²) < 4.78 is 0. The van der Waals surface area contributed by atoms with Gasteiger partial charge in [-0.15, -0.1) is 0 Å². The Bertz CT molecular complexity index is 11.5. The normalized spacial score (nSPS) is 2.83. The van der Waals surface area contributed by atoms with Crippen molar-refractivity contribution in [3.05, 3.63) is 0 Å². The van der Waals surface area contributed by atoms with Crippen molar-refractivity contribution in [2.75, 3.05) is 0 Å². The summed E-state index contributed by atoms with van der Waals surface area (Å²) in [5.41, 5.74) is 0. The molecule has 4 N–H and O–H groups in total.